The number of aromatic amines is 1. The molecule has 6 heteroatoms. The number of rotatable bonds is 4. The summed E-state index contributed by atoms with van der Waals surface area (Å²) in [5.74, 6) is -0.272. The average Bonchev–Trinajstić information content (AvgIpc) is 3.14. The summed E-state index contributed by atoms with van der Waals surface area (Å²) in [5, 5.41) is 1.34. The normalized spacial score (nSPS) is 20.2. The first-order chi connectivity index (χ1) is 13.9. The maximum atomic E-state index is 12.9. The number of nitrogens with one attached hydrogen (secondary N) is 1. The Labute approximate surface area is 172 Å². The largest absolute Gasteiger partial charge is 0.366 e. The van der Waals surface area contributed by atoms with E-state index in [2.05, 4.69) is 73.6 Å². The van der Waals surface area contributed by atoms with Gasteiger partial charge in [-0.25, -0.2) is 0 Å². The maximum Gasteiger partial charge on any atom is 0.240 e. The lowest BCUT2D eigenvalue weighted by atomic mass is 9.79. The lowest BCUT2D eigenvalue weighted by Gasteiger charge is -2.40. The number of likely N-dealkylation sites (N-methyl/N-ethyl adjacent to an activating group) is 1. The highest BCUT2D eigenvalue weighted by Gasteiger charge is 2.36. The van der Waals surface area contributed by atoms with E-state index in [0.717, 1.165) is 32.1 Å². The van der Waals surface area contributed by atoms with Gasteiger partial charge in [-0.3, -0.25) is 14.5 Å². The standard InChI is InChI=1S/C20H25N3O.C3H5NO/c1-4-23(5-2)20(24)14-9-16-15-7-6-8-17-19(15)13(11-21-17)10-18(16)22(3)12-14;1-2-3(4)5/h6-9,11,14,18,21H,4-5,10,12H2,1-3H3;2H,1H2,(H2,4,5)/t14-,18-;/m1./s1. The Morgan fingerprint density at radius 2 is 2.03 bits per heavy atom. The molecular formula is C23H30N4O2. The second-order valence-electron chi connectivity index (χ2n) is 7.55. The number of nitrogens with zero attached hydrogens (tertiary/aromatic N) is 2. The van der Waals surface area contributed by atoms with Gasteiger partial charge in [-0.1, -0.05) is 24.8 Å². The van der Waals surface area contributed by atoms with Crippen LogP contribution >= 0.6 is 0 Å². The molecule has 0 spiro atoms. The van der Waals surface area contributed by atoms with Gasteiger partial charge < -0.3 is 15.6 Å². The van der Waals surface area contributed by atoms with Gasteiger partial charge in [-0.2, -0.15) is 0 Å². The van der Waals surface area contributed by atoms with Gasteiger partial charge in [0, 0.05) is 42.8 Å². The van der Waals surface area contributed by atoms with Crippen molar-refractivity contribution in [1.29, 1.82) is 0 Å². The zero-order valence-corrected chi connectivity index (χ0v) is 17.4. The van der Waals surface area contributed by atoms with Crippen LogP contribution in [0.2, 0.25) is 0 Å². The van der Waals surface area contributed by atoms with Crippen LogP contribution in [0.15, 0.2) is 43.1 Å². The number of fused-ring (bicyclic) bond motifs is 2. The van der Waals surface area contributed by atoms with Gasteiger partial charge in [0.2, 0.25) is 11.8 Å². The number of hydrogen-bond acceptors (Lipinski definition) is 3. The Bertz CT molecular complexity index is 955. The molecule has 29 heavy (non-hydrogen) atoms. The average molecular weight is 395 g/mol. The lowest BCUT2D eigenvalue weighted by molar-refractivity contribution is -0.134. The molecule has 2 aliphatic rings. The van der Waals surface area contributed by atoms with E-state index in [1.165, 1.54) is 27.6 Å². The van der Waals surface area contributed by atoms with E-state index in [1.54, 1.807) is 0 Å². The predicted molar refractivity (Wildman–Crippen MR) is 117 cm³/mol. The number of amides is 2. The Kier molecular flexibility index (Phi) is 6.23. The van der Waals surface area contributed by atoms with Crippen LogP contribution in [-0.4, -0.2) is 59.3 Å². The summed E-state index contributed by atoms with van der Waals surface area (Å²) in [4.78, 5) is 30.0. The highest BCUT2D eigenvalue weighted by Crippen LogP contribution is 2.40. The topological polar surface area (TPSA) is 82.4 Å². The maximum absolute atomic E-state index is 12.9. The summed E-state index contributed by atoms with van der Waals surface area (Å²) in [6, 6.07) is 6.82. The van der Waals surface area contributed by atoms with Crippen LogP contribution in [0.1, 0.15) is 25.0 Å². The van der Waals surface area contributed by atoms with Gasteiger partial charge in [-0.05, 0) is 56.2 Å². The zero-order valence-electron chi connectivity index (χ0n) is 17.4. The number of H-pyrrole nitrogens is 1. The van der Waals surface area contributed by atoms with Crippen LogP contribution in [0, 0.1) is 5.92 Å². The number of hydrogen-bond donors (Lipinski definition) is 2. The van der Waals surface area contributed by atoms with E-state index < -0.39 is 5.91 Å². The summed E-state index contributed by atoms with van der Waals surface area (Å²) in [6.45, 7) is 9.55. The molecule has 0 radical (unpaired) electrons. The number of nitrogens with two attached hydrogens (primary N) is 1. The van der Waals surface area contributed by atoms with Gasteiger partial charge in [0.25, 0.3) is 0 Å². The molecule has 3 N–H and O–H groups in total. The van der Waals surface area contributed by atoms with Crippen LogP contribution in [0.25, 0.3) is 16.5 Å². The molecule has 154 valence electrons. The molecule has 1 aliphatic carbocycles. The lowest BCUT2D eigenvalue weighted by Crippen LogP contribution is -2.47. The van der Waals surface area contributed by atoms with Gasteiger partial charge >= 0.3 is 0 Å². The monoisotopic (exact) mass is 394 g/mol. The van der Waals surface area contributed by atoms with Crippen LogP contribution in [0.3, 0.4) is 0 Å². The van der Waals surface area contributed by atoms with E-state index >= 15 is 0 Å². The minimum absolute atomic E-state index is 0.0445. The smallest absolute Gasteiger partial charge is 0.240 e. The minimum Gasteiger partial charge on any atom is -0.366 e. The number of benzene rings is 1. The molecule has 0 saturated carbocycles. The molecule has 2 amide bonds. The third kappa shape index (κ3) is 3.98. The fourth-order valence-corrected chi connectivity index (χ4v) is 4.38. The van der Waals surface area contributed by atoms with Gasteiger partial charge in [-0.15, -0.1) is 0 Å². The van der Waals surface area contributed by atoms with Crippen molar-refractivity contribution in [3.63, 3.8) is 0 Å². The van der Waals surface area contributed by atoms with E-state index in [1.807, 2.05) is 4.90 Å². The van der Waals surface area contributed by atoms with E-state index in [9.17, 15) is 9.59 Å². The zero-order chi connectivity index (χ0) is 21.1. The van der Waals surface area contributed by atoms with E-state index in [-0.39, 0.29) is 11.8 Å². The number of primary amides is 1. The molecule has 2 atom stereocenters. The molecule has 0 saturated heterocycles. The molecule has 1 aliphatic heterocycles. The second kappa shape index (κ2) is 8.66. The number of carbonyl (C=O) groups excluding carboxylic acids is 2. The van der Waals surface area contributed by atoms with Crippen molar-refractivity contribution in [2.24, 2.45) is 11.7 Å². The Hall–Kier alpha value is -2.86. The molecule has 4 rings (SSSR count). The van der Waals surface area contributed by atoms with Crippen molar-refractivity contribution in [3.8, 4) is 0 Å². The molecule has 0 unspecified atom stereocenters. The minimum atomic E-state index is -0.481. The molecule has 2 aromatic rings. The van der Waals surface area contributed by atoms with Crippen LogP contribution in [0.5, 0.6) is 0 Å². The molecule has 2 heterocycles. The van der Waals surface area contributed by atoms with Gasteiger partial charge in [0.15, 0.2) is 0 Å². The summed E-state index contributed by atoms with van der Waals surface area (Å²) >= 11 is 0. The SMILES string of the molecule is C=CC(N)=O.CCN(CC)C(=O)[C@@H]1C=C2c3cccc4[nH]cc(c34)C[C@H]2N(C)C1. The number of carbonyl (C=O) groups is 2. The summed E-state index contributed by atoms with van der Waals surface area (Å²) in [6.07, 6.45) is 6.47. The van der Waals surface area contributed by atoms with Crippen molar-refractivity contribution < 1.29 is 9.59 Å². The fourth-order valence-electron chi connectivity index (χ4n) is 4.38. The molecule has 1 aromatic heterocycles. The highest BCUT2D eigenvalue weighted by atomic mass is 16.2. The third-order valence-electron chi connectivity index (χ3n) is 5.86. The summed E-state index contributed by atoms with van der Waals surface area (Å²) in [7, 11) is 2.15. The van der Waals surface area contributed by atoms with E-state index in [0.29, 0.717) is 6.04 Å². The first-order valence-corrected chi connectivity index (χ1v) is 10.1. The number of aromatic nitrogens is 1. The molecule has 6 nitrogen and oxygen atoms in total. The first kappa shape index (κ1) is 20.9. The van der Waals surface area contributed by atoms with Crippen molar-refractivity contribution in [2.45, 2.75) is 26.3 Å². The molecule has 0 fully saturated rings. The Morgan fingerprint density at radius 3 is 2.66 bits per heavy atom. The molecule has 0 bridgehead atoms. The van der Waals surface area contributed by atoms with Crippen LogP contribution in [-0.2, 0) is 16.0 Å². The van der Waals surface area contributed by atoms with Crippen molar-refractivity contribution in [1.82, 2.24) is 14.8 Å². The van der Waals surface area contributed by atoms with E-state index in [4.69, 9.17) is 0 Å². The Morgan fingerprint density at radius 1 is 1.34 bits per heavy atom. The molecular weight excluding hydrogens is 364 g/mol. The first-order valence-electron chi connectivity index (χ1n) is 10.1. The van der Waals surface area contributed by atoms with Crippen LogP contribution < -0.4 is 5.73 Å². The summed E-state index contributed by atoms with van der Waals surface area (Å²) < 4.78 is 0. The predicted octanol–water partition coefficient (Wildman–Crippen LogP) is 2.56. The second-order valence-corrected chi connectivity index (χ2v) is 7.55. The van der Waals surface area contributed by atoms with Crippen molar-refractivity contribution >= 4 is 28.3 Å². The van der Waals surface area contributed by atoms with Gasteiger partial charge in [0.05, 0.1) is 5.92 Å². The van der Waals surface area contributed by atoms with Gasteiger partial charge in [0.1, 0.15) is 0 Å². The highest BCUT2D eigenvalue weighted by molar-refractivity contribution is 5.99. The molecule has 1 aromatic carbocycles. The van der Waals surface area contributed by atoms with Crippen molar-refractivity contribution in [2.75, 3.05) is 26.7 Å². The fraction of sp³-hybridized carbons (Fsp3) is 0.391. The third-order valence-corrected chi connectivity index (χ3v) is 5.86. The Balaban J connectivity index is 0.000000431. The van der Waals surface area contributed by atoms with Crippen LogP contribution in [0.4, 0.5) is 0 Å². The quantitative estimate of drug-likeness (QED) is 0.782. The summed E-state index contributed by atoms with van der Waals surface area (Å²) in [5.41, 5.74) is 9.74. The van der Waals surface area contributed by atoms with Crippen molar-refractivity contribution in [3.05, 3.63) is 54.3 Å².